The molecule has 0 saturated carbocycles. The number of methoxy groups -OCH3 is 1. The maximum Gasteiger partial charge on any atom is 0.246 e. The average molecular weight is 512 g/mol. The summed E-state index contributed by atoms with van der Waals surface area (Å²) in [6.45, 7) is 4.06. The number of ether oxygens (including phenoxy) is 1. The number of hydrogen-bond donors (Lipinski definition) is 1. The van der Waals surface area contributed by atoms with Gasteiger partial charge in [-0.15, -0.1) is 0 Å². The van der Waals surface area contributed by atoms with E-state index in [2.05, 4.69) is 4.90 Å². The molecular weight excluding hydrogens is 477 g/mol. The van der Waals surface area contributed by atoms with E-state index < -0.39 is 6.10 Å². The van der Waals surface area contributed by atoms with Gasteiger partial charge in [-0.25, -0.2) is 0 Å². The van der Waals surface area contributed by atoms with Crippen molar-refractivity contribution in [1.82, 2.24) is 14.7 Å². The number of carbonyl (C=O) groups excluding carboxylic acids is 2. The van der Waals surface area contributed by atoms with E-state index in [-0.39, 0.29) is 18.2 Å². The average Bonchev–Trinajstić information content (AvgIpc) is 3.01. The largest absolute Gasteiger partial charge is 0.392 e. The van der Waals surface area contributed by atoms with Gasteiger partial charge >= 0.3 is 0 Å². The molecule has 0 bridgehead atoms. The van der Waals surface area contributed by atoms with Crippen LogP contribution in [0.2, 0.25) is 10.0 Å². The summed E-state index contributed by atoms with van der Waals surface area (Å²) in [5, 5.41) is 11.5. The summed E-state index contributed by atoms with van der Waals surface area (Å²) in [7, 11) is 1.71. The number of nitrogens with zero attached hydrogens (tertiary/aromatic N) is 3. The minimum absolute atomic E-state index is 0.0196. The Kier molecular flexibility index (Phi) is 10.7. The summed E-state index contributed by atoms with van der Waals surface area (Å²) in [5.74, 6) is -0.124. The van der Waals surface area contributed by atoms with Gasteiger partial charge in [-0.1, -0.05) is 35.7 Å². The molecule has 0 spiro atoms. The molecule has 2 aliphatic heterocycles. The van der Waals surface area contributed by atoms with Crippen LogP contribution in [0.3, 0.4) is 0 Å². The van der Waals surface area contributed by atoms with Crippen molar-refractivity contribution in [2.24, 2.45) is 0 Å². The van der Waals surface area contributed by atoms with Crippen molar-refractivity contribution in [2.75, 3.05) is 53.0 Å². The second-order valence-corrected chi connectivity index (χ2v) is 9.82. The van der Waals surface area contributed by atoms with E-state index >= 15 is 0 Å². The van der Waals surface area contributed by atoms with Crippen LogP contribution in [0.4, 0.5) is 0 Å². The first-order chi connectivity index (χ1) is 16.4. The van der Waals surface area contributed by atoms with Crippen molar-refractivity contribution in [2.45, 2.75) is 44.2 Å². The monoisotopic (exact) mass is 511 g/mol. The van der Waals surface area contributed by atoms with Crippen LogP contribution in [-0.2, 0) is 14.3 Å². The number of aliphatic hydroxyl groups excluding tert-OH is 1. The zero-order chi connectivity index (χ0) is 24.5. The lowest BCUT2D eigenvalue weighted by atomic mass is 10.0. The molecule has 34 heavy (non-hydrogen) atoms. The van der Waals surface area contributed by atoms with Crippen LogP contribution >= 0.6 is 23.2 Å². The Morgan fingerprint density at radius 2 is 2.03 bits per heavy atom. The zero-order valence-corrected chi connectivity index (χ0v) is 21.3. The SMILES string of the molecule is COCC1CCCCN1CC(O)CCN1CCN(C(=O)C=Cc2ccc(Cl)c(Cl)c2)CCC1=O. The highest BCUT2D eigenvalue weighted by Gasteiger charge is 2.26. The number of rotatable bonds is 9. The van der Waals surface area contributed by atoms with Crippen LogP contribution in [0, 0.1) is 0 Å². The minimum atomic E-state index is -0.500. The predicted molar refractivity (Wildman–Crippen MR) is 135 cm³/mol. The molecule has 188 valence electrons. The highest BCUT2D eigenvalue weighted by atomic mass is 35.5. The van der Waals surface area contributed by atoms with E-state index in [1.807, 2.05) is 0 Å². The molecule has 2 fully saturated rings. The number of hydrogen-bond acceptors (Lipinski definition) is 5. The fourth-order valence-corrected chi connectivity index (χ4v) is 4.87. The number of halogens is 2. The molecule has 0 radical (unpaired) electrons. The van der Waals surface area contributed by atoms with E-state index in [9.17, 15) is 14.7 Å². The lowest BCUT2D eigenvalue weighted by molar-refractivity contribution is -0.130. The number of carbonyl (C=O) groups is 2. The van der Waals surface area contributed by atoms with Crippen LogP contribution in [0.15, 0.2) is 24.3 Å². The second kappa shape index (κ2) is 13.4. The predicted octanol–water partition coefficient (Wildman–Crippen LogP) is 3.32. The van der Waals surface area contributed by atoms with Gasteiger partial charge in [-0.3, -0.25) is 14.5 Å². The Morgan fingerprint density at radius 1 is 1.21 bits per heavy atom. The first-order valence-corrected chi connectivity index (χ1v) is 12.7. The lowest BCUT2D eigenvalue weighted by Gasteiger charge is -2.36. The maximum absolute atomic E-state index is 12.7. The minimum Gasteiger partial charge on any atom is -0.392 e. The quantitative estimate of drug-likeness (QED) is 0.514. The Hall–Kier alpha value is -1.64. The third-order valence-corrected chi connectivity index (χ3v) is 7.29. The Balaban J connectivity index is 1.46. The van der Waals surface area contributed by atoms with Crippen molar-refractivity contribution in [3.05, 3.63) is 39.9 Å². The Bertz CT molecular complexity index is 865. The van der Waals surface area contributed by atoms with Gasteiger partial charge in [0, 0.05) is 58.4 Å². The van der Waals surface area contributed by atoms with Gasteiger partial charge in [0.15, 0.2) is 0 Å². The molecule has 3 rings (SSSR count). The molecule has 0 aliphatic carbocycles. The van der Waals surface area contributed by atoms with Gasteiger partial charge in [0.25, 0.3) is 0 Å². The number of amides is 2. The van der Waals surface area contributed by atoms with E-state index in [4.69, 9.17) is 27.9 Å². The molecule has 2 amide bonds. The standard InChI is InChI=1S/C25H35Cl2N3O4/c1-34-18-20-4-2-3-11-30(20)17-21(31)9-12-28-14-15-29(13-10-25(28)33)24(32)8-6-19-5-7-22(26)23(27)16-19/h5-8,16,20-21,31H,2-4,9-15,17-18H2,1H3. The summed E-state index contributed by atoms with van der Waals surface area (Å²) in [6.07, 6.45) is 6.93. The molecule has 7 nitrogen and oxygen atoms in total. The number of benzene rings is 1. The first-order valence-electron chi connectivity index (χ1n) is 12.0. The van der Waals surface area contributed by atoms with Crippen LogP contribution in [-0.4, -0.2) is 96.8 Å². The first kappa shape index (κ1) is 27.0. The van der Waals surface area contributed by atoms with Crippen molar-refractivity contribution in [3.8, 4) is 0 Å². The maximum atomic E-state index is 12.7. The molecule has 2 atom stereocenters. The molecule has 2 unspecified atom stereocenters. The summed E-state index contributed by atoms with van der Waals surface area (Å²) in [6, 6.07) is 5.53. The molecule has 1 N–H and O–H groups in total. The third-order valence-electron chi connectivity index (χ3n) is 6.55. The molecule has 2 aliphatic rings. The molecule has 2 saturated heterocycles. The smallest absolute Gasteiger partial charge is 0.246 e. The number of likely N-dealkylation sites (tertiary alicyclic amines) is 1. The van der Waals surface area contributed by atoms with Crippen molar-refractivity contribution in [3.63, 3.8) is 0 Å². The number of aliphatic hydroxyl groups is 1. The van der Waals surface area contributed by atoms with Crippen LogP contribution < -0.4 is 0 Å². The van der Waals surface area contributed by atoms with E-state index in [0.717, 1.165) is 24.9 Å². The number of piperidine rings is 1. The number of β-amino-alcohol motifs (C(OH)–C–C–N with tert-alkyl or cyclic N) is 1. The molecule has 1 aromatic carbocycles. The topological polar surface area (TPSA) is 73.3 Å². The lowest BCUT2D eigenvalue weighted by Crippen LogP contribution is -2.46. The molecule has 1 aromatic rings. The van der Waals surface area contributed by atoms with E-state index in [1.54, 1.807) is 41.2 Å². The van der Waals surface area contributed by atoms with E-state index in [1.165, 1.54) is 12.5 Å². The molecule has 0 aromatic heterocycles. The fraction of sp³-hybridized carbons (Fsp3) is 0.600. The highest BCUT2D eigenvalue weighted by molar-refractivity contribution is 6.42. The van der Waals surface area contributed by atoms with Gasteiger partial charge < -0.3 is 19.6 Å². The van der Waals surface area contributed by atoms with Gasteiger partial charge in [0.1, 0.15) is 0 Å². The molecule has 9 heteroatoms. The van der Waals surface area contributed by atoms with Crippen molar-refractivity contribution in [1.29, 1.82) is 0 Å². The third kappa shape index (κ3) is 7.95. The van der Waals surface area contributed by atoms with Crippen LogP contribution in [0.25, 0.3) is 6.08 Å². The van der Waals surface area contributed by atoms with Gasteiger partial charge in [0.2, 0.25) is 11.8 Å². The second-order valence-electron chi connectivity index (χ2n) is 9.01. The van der Waals surface area contributed by atoms with Crippen LogP contribution in [0.1, 0.15) is 37.7 Å². The van der Waals surface area contributed by atoms with E-state index in [0.29, 0.717) is 61.8 Å². The summed E-state index contributed by atoms with van der Waals surface area (Å²) in [4.78, 5) is 31.0. The summed E-state index contributed by atoms with van der Waals surface area (Å²) < 4.78 is 5.33. The highest BCUT2D eigenvalue weighted by Crippen LogP contribution is 2.23. The Morgan fingerprint density at radius 3 is 2.79 bits per heavy atom. The zero-order valence-electron chi connectivity index (χ0n) is 19.8. The molecule has 2 heterocycles. The Labute approximate surface area is 212 Å². The van der Waals surface area contributed by atoms with Gasteiger partial charge in [-0.05, 0) is 49.6 Å². The fourth-order valence-electron chi connectivity index (χ4n) is 4.56. The summed E-state index contributed by atoms with van der Waals surface area (Å²) >= 11 is 12.0. The van der Waals surface area contributed by atoms with Crippen molar-refractivity contribution < 1.29 is 19.4 Å². The van der Waals surface area contributed by atoms with Crippen LogP contribution in [0.5, 0.6) is 0 Å². The van der Waals surface area contributed by atoms with Gasteiger partial charge in [0.05, 0.1) is 22.8 Å². The molecular formula is C25H35Cl2N3O4. The van der Waals surface area contributed by atoms with Crippen molar-refractivity contribution >= 4 is 41.1 Å². The summed E-state index contributed by atoms with van der Waals surface area (Å²) in [5.41, 5.74) is 0.783. The normalized spacial score (nSPS) is 21.2. The van der Waals surface area contributed by atoms with Gasteiger partial charge in [-0.2, -0.15) is 0 Å².